The Morgan fingerprint density at radius 1 is 1.21 bits per heavy atom. The van der Waals surface area contributed by atoms with Crippen molar-refractivity contribution in [1.82, 2.24) is 4.31 Å². The SMILES string of the molecule is CCOC(=O)C(C#N)C1(C#N)c2ccccc2S(=O)(=O)N1Cc1ccccc1F. The zero-order chi connectivity index (χ0) is 21.2. The van der Waals surface area contributed by atoms with Crippen molar-refractivity contribution in [1.29, 1.82) is 10.5 Å². The standard InChI is InChI=1S/C20H16FN3O4S/c1-2-28-19(25)16(11-22)20(13-23)15-8-4-6-10-18(15)29(26,27)24(20)12-14-7-3-5-9-17(14)21/h3-10,16H,2,12H2,1H3. The van der Waals surface area contributed by atoms with E-state index in [4.69, 9.17) is 4.74 Å². The maximum absolute atomic E-state index is 14.3. The highest BCUT2D eigenvalue weighted by atomic mass is 32.2. The Balaban J connectivity index is 2.29. The molecule has 29 heavy (non-hydrogen) atoms. The smallest absolute Gasteiger partial charge is 0.326 e. The number of halogens is 1. The molecule has 0 N–H and O–H groups in total. The van der Waals surface area contributed by atoms with Gasteiger partial charge in [0.2, 0.25) is 10.0 Å². The van der Waals surface area contributed by atoms with Crippen LogP contribution in [-0.2, 0) is 31.6 Å². The summed E-state index contributed by atoms with van der Waals surface area (Å²) in [6, 6.07) is 14.7. The van der Waals surface area contributed by atoms with Crippen molar-refractivity contribution in [2.24, 2.45) is 5.92 Å². The molecule has 0 radical (unpaired) electrons. The minimum atomic E-state index is -4.30. The number of hydrogen-bond donors (Lipinski definition) is 0. The third-order valence-electron chi connectivity index (χ3n) is 4.77. The number of nitriles is 2. The average molecular weight is 413 g/mol. The maximum atomic E-state index is 14.3. The van der Waals surface area contributed by atoms with E-state index in [0.717, 1.165) is 6.07 Å². The molecule has 0 amide bonds. The molecule has 0 fully saturated rings. The normalized spacial score (nSPS) is 20.8. The lowest BCUT2D eigenvalue weighted by Gasteiger charge is -2.33. The van der Waals surface area contributed by atoms with Crippen LogP contribution in [0.15, 0.2) is 53.4 Å². The molecular formula is C20H16FN3O4S. The van der Waals surface area contributed by atoms with Gasteiger partial charge in [-0.15, -0.1) is 0 Å². The van der Waals surface area contributed by atoms with Crippen molar-refractivity contribution in [3.8, 4) is 12.1 Å². The number of sulfonamides is 1. The highest BCUT2D eigenvalue weighted by Crippen LogP contribution is 2.49. The monoisotopic (exact) mass is 413 g/mol. The van der Waals surface area contributed by atoms with Crippen LogP contribution in [0.25, 0.3) is 0 Å². The summed E-state index contributed by atoms with van der Waals surface area (Å²) < 4.78 is 46.5. The molecule has 1 aliphatic rings. The van der Waals surface area contributed by atoms with E-state index < -0.39 is 39.8 Å². The molecule has 2 atom stereocenters. The third-order valence-corrected chi connectivity index (χ3v) is 6.68. The quantitative estimate of drug-likeness (QED) is 0.696. The molecule has 2 aromatic carbocycles. The van der Waals surface area contributed by atoms with E-state index in [9.17, 15) is 28.1 Å². The van der Waals surface area contributed by atoms with Crippen LogP contribution >= 0.6 is 0 Å². The van der Waals surface area contributed by atoms with Gasteiger partial charge in [-0.2, -0.15) is 14.8 Å². The van der Waals surface area contributed by atoms with Gasteiger partial charge in [-0.05, 0) is 19.1 Å². The molecule has 0 spiro atoms. The molecule has 2 unspecified atom stereocenters. The lowest BCUT2D eigenvalue weighted by Crippen LogP contribution is -2.50. The molecule has 0 bridgehead atoms. The van der Waals surface area contributed by atoms with Gasteiger partial charge in [0, 0.05) is 17.7 Å². The van der Waals surface area contributed by atoms with Gasteiger partial charge >= 0.3 is 5.97 Å². The highest BCUT2D eigenvalue weighted by molar-refractivity contribution is 7.89. The number of hydrogen-bond acceptors (Lipinski definition) is 6. The summed E-state index contributed by atoms with van der Waals surface area (Å²) in [6.45, 7) is 0.941. The Kier molecular flexibility index (Phi) is 5.38. The molecule has 9 heteroatoms. The lowest BCUT2D eigenvalue weighted by atomic mass is 9.79. The van der Waals surface area contributed by atoms with E-state index in [2.05, 4.69) is 0 Å². The fourth-order valence-corrected chi connectivity index (χ4v) is 5.38. The van der Waals surface area contributed by atoms with E-state index in [1.165, 1.54) is 49.4 Å². The molecule has 1 heterocycles. The van der Waals surface area contributed by atoms with Crippen molar-refractivity contribution in [2.45, 2.75) is 23.9 Å². The van der Waals surface area contributed by atoms with Crippen LogP contribution in [-0.4, -0.2) is 25.3 Å². The first-order chi connectivity index (χ1) is 13.8. The number of benzene rings is 2. The second-order valence-electron chi connectivity index (χ2n) is 6.29. The Morgan fingerprint density at radius 2 is 1.86 bits per heavy atom. The van der Waals surface area contributed by atoms with E-state index in [1.54, 1.807) is 6.07 Å². The molecule has 1 aliphatic heterocycles. The van der Waals surface area contributed by atoms with Gasteiger partial charge in [0.25, 0.3) is 0 Å². The summed E-state index contributed by atoms with van der Waals surface area (Å²) in [6.07, 6.45) is 0. The lowest BCUT2D eigenvalue weighted by molar-refractivity contribution is -0.149. The van der Waals surface area contributed by atoms with E-state index >= 15 is 0 Å². The van der Waals surface area contributed by atoms with Crippen LogP contribution < -0.4 is 0 Å². The predicted octanol–water partition coefficient (Wildman–Crippen LogP) is 2.45. The summed E-state index contributed by atoms with van der Waals surface area (Å²) in [5, 5.41) is 19.8. The van der Waals surface area contributed by atoms with Gasteiger partial charge in [0.15, 0.2) is 11.5 Å². The molecule has 3 rings (SSSR count). The number of carbonyl (C=O) groups is 1. The molecular weight excluding hydrogens is 397 g/mol. The number of fused-ring (bicyclic) bond motifs is 1. The molecule has 0 saturated heterocycles. The Labute approximate surface area is 167 Å². The molecule has 2 aromatic rings. The number of esters is 1. The van der Waals surface area contributed by atoms with Crippen molar-refractivity contribution < 1.29 is 22.3 Å². The third kappa shape index (κ3) is 3.05. The van der Waals surface area contributed by atoms with Crippen LogP contribution in [0.5, 0.6) is 0 Å². The minimum absolute atomic E-state index is 0.00375. The van der Waals surface area contributed by atoms with Crippen LogP contribution in [0.1, 0.15) is 18.1 Å². The largest absolute Gasteiger partial charge is 0.465 e. The van der Waals surface area contributed by atoms with Crippen LogP contribution in [0, 0.1) is 34.4 Å². The summed E-state index contributed by atoms with van der Waals surface area (Å²) >= 11 is 0. The van der Waals surface area contributed by atoms with Crippen molar-refractivity contribution in [2.75, 3.05) is 6.61 Å². The minimum Gasteiger partial charge on any atom is -0.465 e. The molecule has 148 valence electrons. The Hall–Kier alpha value is -3.27. The van der Waals surface area contributed by atoms with Crippen molar-refractivity contribution in [3.63, 3.8) is 0 Å². The van der Waals surface area contributed by atoms with Gasteiger partial charge in [-0.25, -0.2) is 12.8 Å². The van der Waals surface area contributed by atoms with E-state index in [1.807, 2.05) is 6.07 Å². The molecule has 0 aromatic heterocycles. The zero-order valence-corrected chi connectivity index (χ0v) is 16.2. The fourth-order valence-electron chi connectivity index (χ4n) is 3.46. The van der Waals surface area contributed by atoms with Gasteiger partial charge < -0.3 is 4.74 Å². The van der Waals surface area contributed by atoms with Crippen LogP contribution in [0.3, 0.4) is 0 Å². The fraction of sp³-hybridized carbons (Fsp3) is 0.250. The number of rotatable bonds is 5. The summed E-state index contributed by atoms with van der Waals surface area (Å²) in [5.74, 6) is -3.46. The van der Waals surface area contributed by atoms with Crippen molar-refractivity contribution >= 4 is 16.0 Å². The van der Waals surface area contributed by atoms with E-state index in [0.29, 0.717) is 4.31 Å². The zero-order valence-electron chi connectivity index (χ0n) is 15.4. The van der Waals surface area contributed by atoms with Gasteiger partial charge in [-0.3, -0.25) is 4.79 Å². The Morgan fingerprint density at radius 3 is 2.48 bits per heavy atom. The topological polar surface area (TPSA) is 111 Å². The predicted molar refractivity (Wildman–Crippen MR) is 98.6 cm³/mol. The van der Waals surface area contributed by atoms with Gasteiger partial charge in [0.05, 0.1) is 23.6 Å². The summed E-state index contributed by atoms with van der Waals surface area (Å²) in [5.41, 5.74) is -2.21. The average Bonchev–Trinajstić information content (AvgIpc) is 2.90. The second kappa shape index (κ2) is 7.63. The summed E-state index contributed by atoms with van der Waals surface area (Å²) in [4.78, 5) is 12.3. The maximum Gasteiger partial charge on any atom is 0.326 e. The first-order valence-electron chi connectivity index (χ1n) is 8.67. The van der Waals surface area contributed by atoms with Crippen LogP contribution in [0.2, 0.25) is 0 Å². The molecule has 0 aliphatic carbocycles. The van der Waals surface area contributed by atoms with Gasteiger partial charge in [0.1, 0.15) is 5.82 Å². The van der Waals surface area contributed by atoms with Gasteiger partial charge in [-0.1, -0.05) is 36.4 Å². The number of carbonyl (C=O) groups excluding carboxylic acids is 1. The van der Waals surface area contributed by atoms with Crippen molar-refractivity contribution in [3.05, 3.63) is 65.5 Å². The second-order valence-corrected chi connectivity index (χ2v) is 8.12. The molecule has 7 nitrogen and oxygen atoms in total. The number of nitrogens with zero attached hydrogens (tertiary/aromatic N) is 3. The number of ether oxygens (including phenoxy) is 1. The van der Waals surface area contributed by atoms with Crippen LogP contribution in [0.4, 0.5) is 4.39 Å². The highest BCUT2D eigenvalue weighted by Gasteiger charge is 2.61. The Bertz CT molecular complexity index is 1150. The van der Waals surface area contributed by atoms with E-state index in [-0.39, 0.29) is 22.6 Å². The first-order valence-corrected chi connectivity index (χ1v) is 10.1. The first kappa shape index (κ1) is 20.5. The molecule has 0 saturated carbocycles. The summed E-state index contributed by atoms with van der Waals surface area (Å²) in [7, 11) is -4.30.